The van der Waals surface area contributed by atoms with E-state index in [1.807, 2.05) is 32.9 Å². The van der Waals surface area contributed by atoms with Crippen LogP contribution in [0, 0.1) is 20.8 Å². The average Bonchev–Trinajstić information content (AvgIpc) is 2.53. The third kappa shape index (κ3) is 4.32. The lowest BCUT2D eigenvalue weighted by atomic mass is 10.1. The molecular formula is C18H20N2O3. The van der Waals surface area contributed by atoms with Crippen LogP contribution < -0.4 is 10.2 Å². The topological polar surface area (TPSA) is 70.9 Å². The third-order valence-corrected chi connectivity index (χ3v) is 3.55. The summed E-state index contributed by atoms with van der Waals surface area (Å²) in [5.74, 6) is 0.467. The van der Waals surface area contributed by atoms with Crippen LogP contribution in [-0.2, 0) is 4.79 Å². The summed E-state index contributed by atoms with van der Waals surface area (Å²) in [5, 5.41) is 13.4. The Balaban J connectivity index is 1.91. The Hall–Kier alpha value is -2.82. The van der Waals surface area contributed by atoms with Gasteiger partial charge in [0.1, 0.15) is 11.5 Å². The summed E-state index contributed by atoms with van der Waals surface area (Å²) in [6.07, 6.45) is 1.39. The van der Waals surface area contributed by atoms with Gasteiger partial charge in [0.05, 0.1) is 6.21 Å². The van der Waals surface area contributed by atoms with Crippen LogP contribution in [0.2, 0.25) is 0 Å². The first-order valence-corrected chi connectivity index (χ1v) is 7.28. The van der Waals surface area contributed by atoms with E-state index in [9.17, 15) is 9.90 Å². The molecule has 0 atom stereocenters. The van der Waals surface area contributed by atoms with Gasteiger partial charge in [-0.1, -0.05) is 24.3 Å². The summed E-state index contributed by atoms with van der Waals surface area (Å²) in [6, 6.07) is 10.7. The van der Waals surface area contributed by atoms with Crippen molar-refractivity contribution in [1.29, 1.82) is 0 Å². The number of aromatic hydroxyl groups is 1. The molecule has 2 N–H and O–H groups in total. The van der Waals surface area contributed by atoms with E-state index in [0.29, 0.717) is 5.56 Å². The Kier molecular flexibility index (Phi) is 5.36. The van der Waals surface area contributed by atoms with Gasteiger partial charge >= 0.3 is 0 Å². The van der Waals surface area contributed by atoms with Gasteiger partial charge in [-0.2, -0.15) is 5.10 Å². The lowest BCUT2D eigenvalue weighted by Crippen LogP contribution is -2.25. The molecule has 0 saturated carbocycles. The molecule has 0 spiro atoms. The maximum absolute atomic E-state index is 11.8. The molecule has 23 heavy (non-hydrogen) atoms. The van der Waals surface area contributed by atoms with Crippen LogP contribution in [0.4, 0.5) is 0 Å². The minimum atomic E-state index is -0.364. The van der Waals surface area contributed by atoms with E-state index in [-0.39, 0.29) is 18.3 Å². The van der Waals surface area contributed by atoms with Crippen molar-refractivity contribution < 1.29 is 14.6 Å². The molecule has 2 rings (SSSR count). The highest BCUT2D eigenvalue weighted by Crippen LogP contribution is 2.25. The first-order chi connectivity index (χ1) is 11.0. The van der Waals surface area contributed by atoms with Crippen LogP contribution in [0.15, 0.2) is 41.5 Å². The van der Waals surface area contributed by atoms with Gasteiger partial charge in [-0.25, -0.2) is 5.43 Å². The zero-order valence-electron chi connectivity index (χ0n) is 13.5. The van der Waals surface area contributed by atoms with Crippen molar-refractivity contribution in [1.82, 2.24) is 5.43 Å². The van der Waals surface area contributed by atoms with E-state index < -0.39 is 0 Å². The Morgan fingerprint density at radius 1 is 1.17 bits per heavy atom. The van der Waals surface area contributed by atoms with Crippen LogP contribution in [0.1, 0.15) is 22.3 Å². The second-order valence-corrected chi connectivity index (χ2v) is 5.29. The van der Waals surface area contributed by atoms with E-state index in [0.717, 1.165) is 22.4 Å². The van der Waals surface area contributed by atoms with Gasteiger partial charge in [0, 0.05) is 5.56 Å². The summed E-state index contributed by atoms with van der Waals surface area (Å²) in [5.41, 5.74) is 6.03. The van der Waals surface area contributed by atoms with Crippen molar-refractivity contribution in [2.75, 3.05) is 6.61 Å². The second kappa shape index (κ2) is 7.45. The number of aryl methyl sites for hydroxylation is 2. The number of para-hydroxylation sites is 1. The normalized spacial score (nSPS) is 10.7. The first kappa shape index (κ1) is 16.5. The van der Waals surface area contributed by atoms with E-state index in [2.05, 4.69) is 10.5 Å². The van der Waals surface area contributed by atoms with Gasteiger partial charge in [0.25, 0.3) is 5.91 Å². The van der Waals surface area contributed by atoms with E-state index in [1.165, 1.54) is 6.21 Å². The molecule has 2 aromatic rings. The number of benzene rings is 2. The van der Waals surface area contributed by atoms with Crippen molar-refractivity contribution in [3.05, 3.63) is 58.7 Å². The predicted molar refractivity (Wildman–Crippen MR) is 90.0 cm³/mol. The summed E-state index contributed by atoms with van der Waals surface area (Å²) in [7, 11) is 0. The molecule has 0 saturated heterocycles. The molecule has 120 valence electrons. The average molecular weight is 312 g/mol. The SMILES string of the molecule is Cc1ccc(C)c(OCC(=O)N/N=C\c2ccccc2O)c1C. The highest BCUT2D eigenvalue weighted by Gasteiger charge is 2.08. The van der Waals surface area contributed by atoms with E-state index in [4.69, 9.17) is 4.74 Å². The number of carbonyl (C=O) groups is 1. The molecule has 5 heteroatoms. The van der Waals surface area contributed by atoms with Crippen LogP contribution in [0.25, 0.3) is 0 Å². The summed E-state index contributed by atoms with van der Waals surface area (Å²) in [6.45, 7) is 5.78. The molecule has 0 bridgehead atoms. The molecule has 0 fully saturated rings. The number of nitrogens with zero attached hydrogens (tertiary/aromatic N) is 1. The number of hydrogen-bond donors (Lipinski definition) is 2. The molecule has 5 nitrogen and oxygen atoms in total. The second-order valence-electron chi connectivity index (χ2n) is 5.29. The summed E-state index contributed by atoms with van der Waals surface area (Å²) in [4.78, 5) is 11.8. The number of amides is 1. The molecule has 0 radical (unpaired) electrons. The maximum Gasteiger partial charge on any atom is 0.277 e. The molecule has 0 aliphatic rings. The number of hydrazone groups is 1. The highest BCUT2D eigenvalue weighted by atomic mass is 16.5. The Morgan fingerprint density at radius 3 is 2.61 bits per heavy atom. The first-order valence-electron chi connectivity index (χ1n) is 7.28. The van der Waals surface area contributed by atoms with Gasteiger partial charge in [0.2, 0.25) is 0 Å². The predicted octanol–water partition coefficient (Wildman–Crippen LogP) is 2.85. The lowest BCUT2D eigenvalue weighted by molar-refractivity contribution is -0.123. The molecule has 2 aromatic carbocycles. The highest BCUT2D eigenvalue weighted by molar-refractivity contribution is 5.85. The number of nitrogens with one attached hydrogen (secondary N) is 1. The van der Waals surface area contributed by atoms with Crippen LogP contribution in [0.3, 0.4) is 0 Å². The smallest absolute Gasteiger partial charge is 0.277 e. The quantitative estimate of drug-likeness (QED) is 0.659. The number of hydrogen-bond acceptors (Lipinski definition) is 4. The molecule has 0 heterocycles. The van der Waals surface area contributed by atoms with Crippen molar-refractivity contribution in [2.24, 2.45) is 5.10 Å². The van der Waals surface area contributed by atoms with Crippen LogP contribution in [-0.4, -0.2) is 23.8 Å². The molecule has 0 aromatic heterocycles. The van der Waals surface area contributed by atoms with E-state index in [1.54, 1.807) is 24.3 Å². The monoisotopic (exact) mass is 312 g/mol. The Morgan fingerprint density at radius 2 is 1.87 bits per heavy atom. The number of carbonyl (C=O) groups excluding carboxylic acids is 1. The largest absolute Gasteiger partial charge is 0.507 e. The lowest BCUT2D eigenvalue weighted by Gasteiger charge is -2.13. The van der Waals surface area contributed by atoms with Crippen molar-refractivity contribution in [3.8, 4) is 11.5 Å². The number of phenols is 1. The van der Waals surface area contributed by atoms with Crippen LogP contribution >= 0.6 is 0 Å². The van der Waals surface area contributed by atoms with Crippen molar-refractivity contribution in [3.63, 3.8) is 0 Å². The fourth-order valence-electron chi connectivity index (χ4n) is 2.09. The van der Waals surface area contributed by atoms with Gasteiger partial charge in [-0.3, -0.25) is 4.79 Å². The van der Waals surface area contributed by atoms with E-state index >= 15 is 0 Å². The van der Waals surface area contributed by atoms with Crippen LogP contribution in [0.5, 0.6) is 11.5 Å². The number of phenolic OH excluding ortho intramolecular Hbond substituents is 1. The Bertz CT molecular complexity index is 739. The number of ether oxygens (including phenoxy) is 1. The summed E-state index contributed by atoms with van der Waals surface area (Å²) >= 11 is 0. The molecule has 0 unspecified atom stereocenters. The minimum Gasteiger partial charge on any atom is -0.507 e. The molecule has 1 amide bonds. The fraction of sp³-hybridized carbons (Fsp3) is 0.222. The van der Waals surface area contributed by atoms with Gasteiger partial charge < -0.3 is 9.84 Å². The van der Waals surface area contributed by atoms with Gasteiger partial charge in [-0.15, -0.1) is 0 Å². The Labute approximate surface area is 135 Å². The van der Waals surface area contributed by atoms with Crippen molar-refractivity contribution >= 4 is 12.1 Å². The zero-order chi connectivity index (χ0) is 16.8. The molecule has 0 aliphatic heterocycles. The summed E-state index contributed by atoms with van der Waals surface area (Å²) < 4.78 is 5.60. The standard InChI is InChI=1S/C18H20N2O3/c1-12-8-9-13(2)18(14(12)3)23-11-17(22)20-19-10-15-6-4-5-7-16(15)21/h4-10,21H,11H2,1-3H3,(H,20,22)/b19-10-. The minimum absolute atomic E-state index is 0.104. The van der Waals surface area contributed by atoms with Gasteiger partial charge in [-0.05, 0) is 49.6 Å². The molecular weight excluding hydrogens is 292 g/mol. The van der Waals surface area contributed by atoms with Gasteiger partial charge in [0.15, 0.2) is 6.61 Å². The zero-order valence-corrected chi connectivity index (χ0v) is 13.5. The third-order valence-electron chi connectivity index (χ3n) is 3.55. The number of rotatable bonds is 5. The maximum atomic E-state index is 11.8. The molecule has 0 aliphatic carbocycles. The van der Waals surface area contributed by atoms with Crippen molar-refractivity contribution in [2.45, 2.75) is 20.8 Å². The fourth-order valence-corrected chi connectivity index (χ4v) is 2.09.